The Morgan fingerprint density at radius 2 is 1.63 bits per heavy atom. The summed E-state index contributed by atoms with van der Waals surface area (Å²) in [5.41, 5.74) is 3.53. The number of nitrogens with one attached hydrogen (secondary N) is 1. The summed E-state index contributed by atoms with van der Waals surface area (Å²) in [6, 6.07) is 21.4. The summed E-state index contributed by atoms with van der Waals surface area (Å²) in [5, 5.41) is 3.26. The lowest BCUT2D eigenvalue weighted by atomic mass is 10.2. The maximum absolute atomic E-state index is 12.8. The number of hydrogen-bond acceptors (Lipinski definition) is 4. The minimum atomic E-state index is -0.0573. The van der Waals surface area contributed by atoms with E-state index in [1.54, 1.807) is 17.2 Å². The molecular weight excluding hydrogens is 336 g/mol. The molecule has 0 unspecified atom stereocenters. The van der Waals surface area contributed by atoms with Gasteiger partial charge in [-0.2, -0.15) is 0 Å². The van der Waals surface area contributed by atoms with Crippen molar-refractivity contribution in [3.05, 3.63) is 78.5 Å². The maximum Gasteiger partial charge on any atom is 0.259 e. The van der Waals surface area contributed by atoms with Crippen molar-refractivity contribution < 1.29 is 4.79 Å². The van der Waals surface area contributed by atoms with Gasteiger partial charge in [0.1, 0.15) is 5.82 Å². The molecule has 0 radical (unpaired) electrons. The molecule has 0 atom stereocenters. The first-order chi connectivity index (χ1) is 13.1. The van der Waals surface area contributed by atoms with Gasteiger partial charge in [0.2, 0.25) is 0 Å². The summed E-state index contributed by atoms with van der Waals surface area (Å²) < 4.78 is 0. The van der Waals surface area contributed by atoms with E-state index in [4.69, 9.17) is 0 Å². The third-order valence-electron chi connectivity index (χ3n) is 4.30. The molecule has 3 aromatic rings. The van der Waals surface area contributed by atoms with E-state index < -0.39 is 0 Å². The molecule has 1 N–H and O–H groups in total. The molecule has 0 spiro atoms. The van der Waals surface area contributed by atoms with Crippen LogP contribution in [0, 0.1) is 0 Å². The minimum absolute atomic E-state index is 0.0573. The highest BCUT2D eigenvalue weighted by molar-refractivity contribution is 6.05. The normalized spacial score (nSPS) is 10.3. The number of benzene rings is 2. The number of aromatic nitrogens is 1. The Morgan fingerprint density at radius 1 is 0.926 bits per heavy atom. The molecule has 1 aromatic heterocycles. The lowest BCUT2D eigenvalue weighted by Gasteiger charge is -2.21. The average molecular weight is 360 g/mol. The molecule has 1 amide bonds. The van der Waals surface area contributed by atoms with Gasteiger partial charge in [-0.15, -0.1) is 0 Å². The summed E-state index contributed by atoms with van der Waals surface area (Å²) in [5.74, 6) is 0.644. The summed E-state index contributed by atoms with van der Waals surface area (Å²) in [6.07, 6.45) is 1.62. The Balaban J connectivity index is 1.71. The van der Waals surface area contributed by atoms with E-state index in [9.17, 15) is 4.79 Å². The van der Waals surface area contributed by atoms with Gasteiger partial charge in [0.05, 0.1) is 5.56 Å². The molecule has 1 heterocycles. The van der Waals surface area contributed by atoms with Crippen LogP contribution in [0.25, 0.3) is 0 Å². The van der Waals surface area contributed by atoms with Crippen LogP contribution in [0.5, 0.6) is 0 Å². The van der Waals surface area contributed by atoms with Gasteiger partial charge in [-0.25, -0.2) is 4.98 Å². The number of para-hydroxylation sites is 1. The van der Waals surface area contributed by atoms with E-state index in [0.29, 0.717) is 17.9 Å². The number of rotatable bonds is 6. The number of nitrogens with zero attached hydrogens (tertiary/aromatic N) is 3. The fourth-order valence-electron chi connectivity index (χ4n) is 2.79. The second kappa shape index (κ2) is 8.36. The van der Waals surface area contributed by atoms with Crippen LogP contribution in [0.1, 0.15) is 17.3 Å². The van der Waals surface area contributed by atoms with Crippen LogP contribution in [-0.2, 0) is 0 Å². The minimum Gasteiger partial charge on any atom is -0.378 e. The van der Waals surface area contributed by atoms with Gasteiger partial charge in [-0.05, 0) is 55.5 Å². The molecule has 0 aliphatic rings. The number of carbonyl (C=O) groups is 1. The molecule has 0 saturated heterocycles. The highest BCUT2D eigenvalue weighted by Gasteiger charge is 2.16. The topological polar surface area (TPSA) is 48.5 Å². The zero-order valence-electron chi connectivity index (χ0n) is 15.9. The monoisotopic (exact) mass is 360 g/mol. The van der Waals surface area contributed by atoms with Crippen LogP contribution in [-0.4, -0.2) is 31.5 Å². The maximum atomic E-state index is 12.8. The van der Waals surface area contributed by atoms with Gasteiger partial charge in [0, 0.05) is 43.9 Å². The van der Waals surface area contributed by atoms with Gasteiger partial charge >= 0.3 is 0 Å². The number of amides is 1. The Bertz CT molecular complexity index is 874. The summed E-state index contributed by atoms with van der Waals surface area (Å²) in [7, 11) is 4.02. The van der Waals surface area contributed by atoms with Crippen LogP contribution in [0.3, 0.4) is 0 Å². The third-order valence-corrected chi connectivity index (χ3v) is 4.30. The van der Waals surface area contributed by atoms with E-state index >= 15 is 0 Å². The standard InChI is InChI=1S/C22H24N4O/c1-4-26(20-8-6-5-7-9-20)22(27)17-10-15-21(23-16-17)24-18-11-13-19(14-12-18)25(2)3/h5-16H,4H2,1-3H3,(H,23,24). The molecule has 3 rings (SSSR count). The highest BCUT2D eigenvalue weighted by atomic mass is 16.2. The first-order valence-electron chi connectivity index (χ1n) is 8.96. The van der Waals surface area contributed by atoms with Gasteiger partial charge in [0.25, 0.3) is 5.91 Å². The predicted octanol–water partition coefficient (Wildman–Crippen LogP) is 4.56. The van der Waals surface area contributed by atoms with Crippen LogP contribution in [0.15, 0.2) is 72.9 Å². The molecule has 138 valence electrons. The van der Waals surface area contributed by atoms with Crippen molar-refractivity contribution in [2.75, 3.05) is 35.8 Å². The van der Waals surface area contributed by atoms with Crippen molar-refractivity contribution in [3.8, 4) is 0 Å². The van der Waals surface area contributed by atoms with E-state index in [1.807, 2.05) is 81.7 Å². The lowest BCUT2D eigenvalue weighted by Crippen LogP contribution is -2.30. The van der Waals surface area contributed by atoms with Crippen LogP contribution >= 0.6 is 0 Å². The largest absolute Gasteiger partial charge is 0.378 e. The zero-order chi connectivity index (χ0) is 19.2. The molecule has 0 aliphatic heterocycles. The van der Waals surface area contributed by atoms with E-state index in [1.165, 1.54) is 0 Å². The second-order valence-electron chi connectivity index (χ2n) is 6.38. The van der Waals surface area contributed by atoms with E-state index in [-0.39, 0.29) is 5.91 Å². The lowest BCUT2D eigenvalue weighted by molar-refractivity contribution is 0.0988. The number of anilines is 4. The first-order valence-corrected chi connectivity index (χ1v) is 8.96. The van der Waals surface area contributed by atoms with Gasteiger partial charge in [0.15, 0.2) is 0 Å². The number of carbonyl (C=O) groups excluding carboxylic acids is 1. The molecule has 5 nitrogen and oxygen atoms in total. The fourth-order valence-corrected chi connectivity index (χ4v) is 2.79. The van der Waals surface area contributed by atoms with Gasteiger partial charge in [-0.3, -0.25) is 4.79 Å². The Hall–Kier alpha value is -3.34. The molecule has 0 fully saturated rings. The number of hydrogen-bond donors (Lipinski definition) is 1. The van der Waals surface area contributed by atoms with Crippen molar-refractivity contribution >= 4 is 28.8 Å². The van der Waals surface area contributed by atoms with Crippen molar-refractivity contribution in [3.63, 3.8) is 0 Å². The Labute approximate surface area is 160 Å². The van der Waals surface area contributed by atoms with Gasteiger partial charge < -0.3 is 15.1 Å². The summed E-state index contributed by atoms with van der Waals surface area (Å²) in [4.78, 5) is 21.0. The fraction of sp³-hybridized carbons (Fsp3) is 0.182. The quantitative estimate of drug-likeness (QED) is 0.700. The van der Waals surface area contributed by atoms with E-state index in [2.05, 4.69) is 15.2 Å². The summed E-state index contributed by atoms with van der Waals surface area (Å²) in [6.45, 7) is 2.56. The molecule has 0 saturated carbocycles. The van der Waals surface area contributed by atoms with Crippen molar-refractivity contribution in [1.29, 1.82) is 0 Å². The highest BCUT2D eigenvalue weighted by Crippen LogP contribution is 2.20. The first kappa shape index (κ1) is 18.5. The third kappa shape index (κ3) is 4.44. The second-order valence-corrected chi connectivity index (χ2v) is 6.38. The SMILES string of the molecule is CCN(C(=O)c1ccc(Nc2ccc(N(C)C)cc2)nc1)c1ccccc1. The molecule has 27 heavy (non-hydrogen) atoms. The van der Waals surface area contributed by atoms with Crippen molar-refractivity contribution in [2.45, 2.75) is 6.92 Å². The molecule has 0 aliphatic carbocycles. The molecule has 0 bridgehead atoms. The van der Waals surface area contributed by atoms with Crippen molar-refractivity contribution in [2.24, 2.45) is 0 Å². The van der Waals surface area contributed by atoms with Gasteiger partial charge in [-0.1, -0.05) is 18.2 Å². The molecule has 2 aromatic carbocycles. The average Bonchev–Trinajstić information content (AvgIpc) is 2.70. The smallest absolute Gasteiger partial charge is 0.259 e. The van der Waals surface area contributed by atoms with E-state index in [0.717, 1.165) is 17.1 Å². The number of pyridine rings is 1. The Kier molecular flexibility index (Phi) is 5.71. The Morgan fingerprint density at radius 3 is 2.19 bits per heavy atom. The zero-order valence-corrected chi connectivity index (χ0v) is 15.9. The van der Waals surface area contributed by atoms with Crippen molar-refractivity contribution in [1.82, 2.24) is 4.98 Å². The van der Waals surface area contributed by atoms with Crippen LogP contribution in [0.4, 0.5) is 22.9 Å². The van der Waals surface area contributed by atoms with Crippen LogP contribution < -0.4 is 15.1 Å². The molecular formula is C22H24N4O. The predicted molar refractivity (Wildman–Crippen MR) is 112 cm³/mol. The summed E-state index contributed by atoms with van der Waals surface area (Å²) >= 11 is 0. The molecule has 5 heteroatoms. The van der Waals surface area contributed by atoms with Crippen LogP contribution in [0.2, 0.25) is 0 Å².